The van der Waals surface area contributed by atoms with Crippen molar-refractivity contribution in [2.75, 3.05) is 26.2 Å². The third-order valence-corrected chi connectivity index (χ3v) is 3.91. The van der Waals surface area contributed by atoms with Crippen molar-refractivity contribution in [3.8, 4) is 0 Å². The summed E-state index contributed by atoms with van der Waals surface area (Å²) in [6, 6.07) is 8.11. The largest absolute Gasteiger partial charge is 0.480 e. The van der Waals surface area contributed by atoms with E-state index in [-0.39, 0.29) is 0 Å². The smallest absolute Gasteiger partial charge is 0.324 e. The lowest BCUT2D eigenvalue weighted by atomic mass is 9.89. The van der Waals surface area contributed by atoms with Crippen LogP contribution >= 0.6 is 0 Å². The van der Waals surface area contributed by atoms with Gasteiger partial charge in [0.25, 0.3) is 0 Å². The molecule has 104 valence electrons. The molecule has 0 saturated carbocycles. The van der Waals surface area contributed by atoms with Crippen molar-refractivity contribution in [3.05, 3.63) is 35.4 Å². The maximum absolute atomic E-state index is 11.7. The molecule has 0 aliphatic carbocycles. The van der Waals surface area contributed by atoms with Crippen molar-refractivity contribution in [1.29, 1.82) is 0 Å². The molecule has 1 atom stereocenters. The van der Waals surface area contributed by atoms with E-state index in [2.05, 4.69) is 16.3 Å². The van der Waals surface area contributed by atoms with Crippen LogP contribution in [-0.4, -0.2) is 47.7 Å². The van der Waals surface area contributed by atoms with Crippen molar-refractivity contribution in [2.45, 2.75) is 25.8 Å². The zero-order chi connectivity index (χ0) is 13.9. The predicted octanol–water partition coefficient (Wildman–Crippen LogP) is 1.29. The molecule has 1 unspecified atom stereocenters. The third kappa shape index (κ3) is 3.14. The van der Waals surface area contributed by atoms with Gasteiger partial charge >= 0.3 is 5.97 Å². The number of hydrogen-bond donors (Lipinski definition) is 2. The van der Waals surface area contributed by atoms with Crippen molar-refractivity contribution in [2.24, 2.45) is 0 Å². The van der Waals surface area contributed by atoms with E-state index in [0.29, 0.717) is 6.42 Å². The van der Waals surface area contributed by atoms with Crippen LogP contribution in [0.2, 0.25) is 0 Å². The fourth-order valence-corrected chi connectivity index (χ4v) is 2.70. The Hall–Kier alpha value is -1.39. The highest BCUT2D eigenvalue weighted by Crippen LogP contribution is 2.22. The molecular weight excluding hydrogens is 240 g/mol. The second kappa shape index (κ2) is 5.72. The molecule has 1 aromatic rings. The average Bonchev–Trinajstić information content (AvgIpc) is 2.39. The van der Waals surface area contributed by atoms with Crippen LogP contribution in [0.3, 0.4) is 0 Å². The van der Waals surface area contributed by atoms with Crippen LogP contribution in [0.5, 0.6) is 0 Å². The van der Waals surface area contributed by atoms with Gasteiger partial charge in [0, 0.05) is 32.6 Å². The minimum atomic E-state index is -0.824. The minimum absolute atomic E-state index is 0.546. The average molecular weight is 262 g/mol. The van der Waals surface area contributed by atoms with Crippen LogP contribution in [0.4, 0.5) is 0 Å². The van der Waals surface area contributed by atoms with E-state index in [1.165, 1.54) is 5.56 Å². The first kappa shape index (κ1) is 14.0. The summed E-state index contributed by atoms with van der Waals surface area (Å²) in [7, 11) is 0. The summed E-state index contributed by atoms with van der Waals surface area (Å²) in [6.45, 7) is 7.16. The lowest BCUT2D eigenvalue weighted by molar-refractivity contribution is -0.151. The van der Waals surface area contributed by atoms with Gasteiger partial charge in [0.2, 0.25) is 0 Å². The zero-order valence-electron chi connectivity index (χ0n) is 11.6. The molecule has 1 aliphatic rings. The number of carboxylic acids is 1. The molecule has 0 spiro atoms. The molecule has 0 aromatic heterocycles. The van der Waals surface area contributed by atoms with E-state index in [0.717, 1.165) is 31.7 Å². The van der Waals surface area contributed by atoms with Gasteiger partial charge < -0.3 is 10.4 Å². The Balaban J connectivity index is 2.21. The Kier molecular flexibility index (Phi) is 4.22. The van der Waals surface area contributed by atoms with Gasteiger partial charge in [0.15, 0.2) is 0 Å². The number of rotatable bonds is 4. The van der Waals surface area contributed by atoms with Gasteiger partial charge in [-0.05, 0) is 19.4 Å². The molecule has 1 aliphatic heterocycles. The van der Waals surface area contributed by atoms with Crippen LogP contribution < -0.4 is 5.32 Å². The Bertz CT molecular complexity index is 455. The molecule has 2 N–H and O–H groups in total. The Morgan fingerprint density at radius 3 is 2.68 bits per heavy atom. The predicted molar refractivity (Wildman–Crippen MR) is 75.4 cm³/mol. The van der Waals surface area contributed by atoms with Crippen molar-refractivity contribution in [1.82, 2.24) is 10.2 Å². The third-order valence-electron chi connectivity index (χ3n) is 3.91. The first-order chi connectivity index (χ1) is 9.02. The molecular formula is C15H22N2O2. The fraction of sp³-hybridized carbons (Fsp3) is 0.533. The van der Waals surface area contributed by atoms with Crippen LogP contribution in [0.15, 0.2) is 24.3 Å². The lowest BCUT2D eigenvalue weighted by Crippen LogP contribution is -2.59. The highest BCUT2D eigenvalue weighted by molar-refractivity contribution is 5.78. The Morgan fingerprint density at radius 1 is 1.42 bits per heavy atom. The number of carboxylic acid groups (broad SMARTS) is 1. The highest BCUT2D eigenvalue weighted by Gasteiger charge is 2.40. The molecule has 1 saturated heterocycles. The molecule has 0 bridgehead atoms. The van der Waals surface area contributed by atoms with Gasteiger partial charge in [-0.3, -0.25) is 9.69 Å². The molecule has 19 heavy (non-hydrogen) atoms. The summed E-state index contributed by atoms with van der Waals surface area (Å²) in [5, 5.41) is 12.9. The number of nitrogens with one attached hydrogen (secondary N) is 1. The van der Waals surface area contributed by atoms with Gasteiger partial charge in [-0.15, -0.1) is 0 Å². The fourth-order valence-electron chi connectivity index (χ4n) is 2.70. The number of piperazine rings is 1. The SMILES string of the molecule is Cc1cccc(CC(C)(C(=O)O)N2CCNCC2)c1. The number of aliphatic carboxylic acids is 1. The van der Waals surface area contributed by atoms with Crippen molar-refractivity contribution < 1.29 is 9.90 Å². The Labute approximate surface area is 114 Å². The second-order valence-electron chi connectivity index (χ2n) is 5.48. The van der Waals surface area contributed by atoms with E-state index in [4.69, 9.17) is 0 Å². The first-order valence-corrected chi connectivity index (χ1v) is 6.77. The molecule has 2 rings (SSSR count). The number of carbonyl (C=O) groups is 1. The van der Waals surface area contributed by atoms with E-state index < -0.39 is 11.5 Å². The van der Waals surface area contributed by atoms with Gasteiger partial charge in [-0.1, -0.05) is 29.8 Å². The van der Waals surface area contributed by atoms with E-state index in [9.17, 15) is 9.90 Å². The normalized spacial score (nSPS) is 19.9. The molecule has 1 aromatic carbocycles. The van der Waals surface area contributed by atoms with Crippen LogP contribution in [-0.2, 0) is 11.2 Å². The second-order valence-corrected chi connectivity index (χ2v) is 5.48. The summed E-state index contributed by atoms with van der Waals surface area (Å²) in [5.74, 6) is -0.740. The topological polar surface area (TPSA) is 52.6 Å². The Morgan fingerprint density at radius 2 is 2.11 bits per heavy atom. The summed E-state index contributed by atoms with van der Waals surface area (Å²) >= 11 is 0. The first-order valence-electron chi connectivity index (χ1n) is 6.77. The summed E-state index contributed by atoms with van der Waals surface area (Å²) in [5.41, 5.74) is 1.43. The van der Waals surface area contributed by atoms with Crippen LogP contribution in [0.1, 0.15) is 18.1 Å². The van der Waals surface area contributed by atoms with Gasteiger partial charge in [-0.2, -0.15) is 0 Å². The summed E-state index contributed by atoms with van der Waals surface area (Å²) in [4.78, 5) is 13.8. The van der Waals surface area contributed by atoms with Crippen molar-refractivity contribution in [3.63, 3.8) is 0 Å². The molecule has 0 radical (unpaired) electrons. The lowest BCUT2D eigenvalue weighted by Gasteiger charge is -2.40. The monoisotopic (exact) mass is 262 g/mol. The number of benzene rings is 1. The molecule has 4 heteroatoms. The van der Waals surface area contributed by atoms with E-state index in [1.54, 1.807) is 0 Å². The summed E-state index contributed by atoms with van der Waals surface area (Å²) < 4.78 is 0. The molecule has 4 nitrogen and oxygen atoms in total. The van der Waals surface area contributed by atoms with Crippen LogP contribution in [0, 0.1) is 6.92 Å². The number of hydrogen-bond acceptors (Lipinski definition) is 3. The van der Waals surface area contributed by atoms with E-state index >= 15 is 0 Å². The number of aryl methyl sites for hydroxylation is 1. The molecule has 1 fully saturated rings. The van der Waals surface area contributed by atoms with Crippen LogP contribution in [0.25, 0.3) is 0 Å². The highest BCUT2D eigenvalue weighted by atomic mass is 16.4. The summed E-state index contributed by atoms with van der Waals surface area (Å²) in [6.07, 6.45) is 0.546. The number of nitrogens with zero attached hydrogens (tertiary/aromatic N) is 1. The zero-order valence-corrected chi connectivity index (χ0v) is 11.6. The van der Waals surface area contributed by atoms with Crippen molar-refractivity contribution >= 4 is 5.97 Å². The molecule has 0 amide bonds. The molecule has 1 heterocycles. The van der Waals surface area contributed by atoms with Gasteiger partial charge in [0.1, 0.15) is 5.54 Å². The van der Waals surface area contributed by atoms with E-state index in [1.807, 2.05) is 32.0 Å². The minimum Gasteiger partial charge on any atom is -0.480 e. The van der Waals surface area contributed by atoms with Gasteiger partial charge in [0.05, 0.1) is 0 Å². The maximum Gasteiger partial charge on any atom is 0.324 e. The maximum atomic E-state index is 11.7. The van der Waals surface area contributed by atoms with Gasteiger partial charge in [-0.25, -0.2) is 0 Å². The standard InChI is InChI=1S/C15H22N2O2/c1-12-4-3-5-13(10-12)11-15(2,14(18)19)17-8-6-16-7-9-17/h3-5,10,16H,6-9,11H2,1-2H3,(H,18,19). The quantitative estimate of drug-likeness (QED) is 0.858.